The Morgan fingerprint density at radius 1 is 1.02 bits per heavy atom. The maximum Gasteiger partial charge on any atom is 0.255 e. The van der Waals surface area contributed by atoms with Gasteiger partial charge in [-0.05, 0) is 79.4 Å². The average Bonchev–Trinajstić information content (AvgIpc) is 3.45. The molecule has 0 aliphatic carbocycles. The van der Waals surface area contributed by atoms with Gasteiger partial charge in [0.25, 0.3) is 5.91 Å². The Kier molecular flexibility index (Phi) is 13.6. The van der Waals surface area contributed by atoms with Crippen molar-refractivity contribution in [2.75, 3.05) is 76.5 Å². The predicted molar refractivity (Wildman–Crippen MR) is 215 cm³/mol. The van der Waals surface area contributed by atoms with Crippen molar-refractivity contribution in [3.05, 3.63) is 113 Å². The molecule has 0 saturated carbocycles. The molecule has 292 valence electrons. The van der Waals surface area contributed by atoms with E-state index >= 15 is 0 Å². The molecule has 12 nitrogen and oxygen atoms in total. The minimum absolute atomic E-state index is 0.0964. The van der Waals surface area contributed by atoms with Gasteiger partial charge < -0.3 is 35.1 Å². The zero-order chi connectivity index (χ0) is 38.8. The highest BCUT2D eigenvalue weighted by Crippen LogP contribution is 2.40. The Bertz CT molecular complexity index is 1870. The summed E-state index contributed by atoms with van der Waals surface area (Å²) in [6.07, 6.45) is 5.90. The van der Waals surface area contributed by atoms with E-state index in [-0.39, 0.29) is 29.3 Å². The van der Waals surface area contributed by atoms with Crippen molar-refractivity contribution >= 4 is 23.2 Å². The van der Waals surface area contributed by atoms with Gasteiger partial charge in [0.15, 0.2) is 0 Å². The third kappa shape index (κ3) is 10.7. The predicted octanol–water partition coefficient (Wildman–Crippen LogP) is 5.00. The van der Waals surface area contributed by atoms with Crippen molar-refractivity contribution in [1.29, 1.82) is 0 Å². The smallest absolute Gasteiger partial charge is 0.255 e. The van der Waals surface area contributed by atoms with Crippen LogP contribution in [0.1, 0.15) is 66.5 Å². The van der Waals surface area contributed by atoms with E-state index in [1.165, 1.54) is 0 Å². The lowest BCUT2D eigenvalue weighted by Gasteiger charge is -2.39. The highest BCUT2D eigenvalue weighted by molar-refractivity contribution is 6.04. The molecule has 2 aromatic carbocycles. The van der Waals surface area contributed by atoms with Crippen LogP contribution in [0, 0.1) is 0 Å². The van der Waals surface area contributed by atoms with Crippen LogP contribution in [0.25, 0.3) is 0 Å². The van der Waals surface area contributed by atoms with Crippen molar-refractivity contribution in [2.24, 2.45) is 0 Å². The zero-order valence-corrected chi connectivity index (χ0v) is 32.7. The fourth-order valence-corrected chi connectivity index (χ4v) is 7.27. The molecule has 55 heavy (non-hydrogen) atoms. The van der Waals surface area contributed by atoms with Gasteiger partial charge in [-0.3, -0.25) is 24.5 Å². The number of ether oxygens (including phenoxy) is 3. The van der Waals surface area contributed by atoms with Crippen LogP contribution in [0.5, 0.6) is 5.75 Å². The first kappa shape index (κ1) is 40.0. The zero-order valence-electron chi connectivity index (χ0n) is 32.7. The summed E-state index contributed by atoms with van der Waals surface area (Å²) in [6.45, 7) is 13.8. The Morgan fingerprint density at radius 2 is 1.82 bits per heavy atom. The van der Waals surface area contributed by atoms with Crippen molar-refractivity contribution in [3.8, 4) is 5.75 Å². The molecule has 2 amide bonds. The molecule has 3 atom stereocenters. The lowest BCUT2D eigenvalue weighted by molar-refractivity contribution is -0.121. The molecule has 3 N–H and O–H groups in total. The van der Waals surface area contributed by atoms with E-state index in [4.69, 9.17) is 19.2 Å². The summed E-state index contributed by atoms with van der Waals surface area (Å²) in [5.74, 6) is 0.726. The first-order chi connectivity index (χ1) is 26.6. The second-order valence-corrected chi connectivity index (χ2v) is 15.2. The molecule has 1 fully saturated rings. The Balaban J connectivity index is 0.938. The second kappa shape index (κ2) is 18.7. The van der Waals surface area contributed by atoms with Gasteiger partial charge in [0, 0.05) is 86.7 Å². The van der Waals surface area contributed by atoms with E-state index in [0.717, 1.165) is 46.9 Å². The lowest BCUT2D eigenvalue weighted by atomic mass is 9.91. The minimum atomic E-state index is -0.231. The first-order valence-corrected chi connectivity index (χ1v) is 19.2. The van der Waals surface area contributed by atoms with Gasteiger partial charge in [0.2, 0.25) is 5.91 Å². The molecule has 2 aromatic heterocycles. The quantitative estimate of drug-likeness (QED) is 0.127. The first-order valence-electron chi connectivity index (χ1n) is 19.2. The van der Waals surface area contributed by atoms with Crippen molar-refractivity contribution < 1.29 is 23.8 Å². The number of benzene rings is 2. The van der Waals surface area contributed by atoms with Crippen LogP contribution in [0.2, 0.25) is 0 Å². The number of methoxy groups -OCH3 is 1. The van der Waals surface area contributed by atoms with Crippen LogP contribution in [-0.2, 0) is 26.1 Å². The monoisotopic (exact) mass is 749 g/mol. The lowest BCUT2D eigenvalue weighted by Crippen LogP contribution is -2.59. The highest BCUT2D eigenvalue weighted by Gasteiger charge is 2.40. The molecule has 0 bridgehead atoms. The maximum atomic E-state index is 13.8. The number of aromatic nitrogens is 2. The van der Waals surface area contributed by atoms with E-state index in [0.29, 0.717) is 69.8 Å². The van der Waals surface area contributed by atoms with Crippen LogP contribution in [0.3, 0.4) is 0 Å². The van der Waals surface area contributed by atoms with Gasteiger partial charge >= 0.3 is 0 Å². The van der Waals surface area contributed by atoms with E-state index in [1.54, 1.807) is 31.6 Å². The molecular formula is C43H55N7O5. The number of fused-ring (bicyclic) bond motifs is 1. The number of hydrogen-bond acceptors (Lipinski definition) is 10. The summed E-state index contributed by atoms with van der Waals surface area (Å²) in [7, 11) is 1.71. The molecule has 0 spiro atoms. The highest BCUT2D eigenvalue weighted by atomic mass is 16.5. The number of nitrogens with zero attached hydrogens (tertiary/aromatic N) is 4. The van der Waals surface area contributed by atoms with Gasteiger partial charge in [-0.2, -0.15) is 0 Å². The van der Waals surface area contributed by atoms with Crippen LogP contribution < -0.4 is 25.6 Å². The summed E-state index contributed by atoms with van der Waals surface area (Å²) in [6, 6.07) is 21.9. The van der Waals surface area contributed by atoms with E-state index in [2.05, 4.69) is 71.7 Å². The molecule has 1 saturated heterocycles. The minimum Gasteiger partial charge on any atom is -0.491 e. The molecule has 4 aromatic rings. The normalized spacial score (nSPS) is 18.5. The fraction of sp³-hybridized carbons (Fsp3) is 0.442. The van der Waals surface area contributed by atoms with Gasteiger partial charge in [0.05, 0.1) is 37.7 Å². The number of carbonyl (C=O) groups excluding carboxylic acids is 2. The van der Waals surface area contributed by atoms with Crippen LogP contribution in [-0.4, -0.2) is 105 Å². The van der Waals surface area contributed by atoms with Crippen LogP contribution in [0.15, 0.2) is 85.3 Å². The number of pyridine rings is 2. The number of hydrogen-bond donors (Lipinski definition) is 3. The topological polar surface area (TPSA) is 130 Å². The SMILES string of the molecule is COC[C@H]1CN[C@H](C)CN1CC(=O)N1CC(C)(C)c2ncc(Cc3cccc(OCCOCCN[C@H](C)c4ccc(C(=O)Nc5ccncc5)cc4)c3)cc21. The molecule has 6 rings (SSSR count). The molecule has 2 aliphatic heterocycles. The van der Waals surface area contributed by atoms with Crippen LogP contribution in [0.4, 0.5) is 11.4 Å². The van der Waals surface area contributed by atoms with Crippen molar-refractivity contribution in [2.45, 2.75) is 57.7 Å². The molecular weight excluding hydrogens is 695 g/mol. The average molecular weight is 750 g/mol. The van der Waals surface area contributed by atoms with E-state index in [1.807, 2.05) is 47.5 Å². The molecule has 4 heterocycles. The Hall–Kier alpha value is -4.72. The summed E-state index contributed by atoms with van der Waals surface area (Å²) < 4.78 is 17.3. The number of rotatable bonds is 17. The van der Waals surface area contributed by atoms with E-state index in [9.17, 15) is 9.59 Å². The molecule has 2 aliphatic rings. The Morgan fingerprint density at radius 3 is 2.60 bits per heavy atom. The molecule has 0 radical (unpaired) electrons. The third-order valence-corrected chi connectivity index (χ3v) is 10.2. The van der Waals surface area contributed by atoms with Gasteiger partial charge in [-0.15, -0.1) is 0 Å². The number of anilines is 2. The fourth-order valence-electron chi connectivity index (χ4n) is 7.27. The van der Waals surface area contributed by atoms with Gasteiger partial charge in [-0.25, -0.2) is 0 Å². The van der Waals surface area contributed by atoms with Crippen molar-refractivity contribution in [3.63, 3.8) is 0 Å². The summed E-state index contributed by atoms with van der Waals surface area (Å²) in [4.78, 5) is 39.4. The number of nitrogens with one attached hydrogen (secondary N) is 3. The summed E-state index contributed by atoms with van der Waals surface area (Å²) >= 11 is 0. The third-order valence-electron chi connectivity index (χ3n) is 10.2. The van der Waals surface area contributed by atoms with Crippen LogP contribution >= 0.6 is 0 Å². The van der Waals surface area contributed by atoms with Gasteiger partial charge in [0.1, 0.15) is 12.4 Å². The Labute approximate surface area is 325 Å². The maximum absolute atomic E-state index is 13.8. The molecule has 0 unspecified atom stereocenters. The molecule has 12 heteroatoms. The number of piperazine rings is 1. The van der Waals surface area contributed by atoms with Gasteiger partial charge in [-0.1, -0.05) is 38.1 Å². The summed E-state index contributed by atoms with van der Waals surface area (Å²) in [5.41, 5.74) is 6.19. The number of carbonyl (C=O) groups is 2. The van der Waals surface area contributed by atoms with Crippen molar-refractivity contribution in [1.82, 2.24) is 25.5 Å². The van der Waals surface area contributed by atoms with E-state index < -0.39 is 0 Å². The standard InChI is InChI=1S/C43H55N7O5/c1-30-26-49(37(25-46-30)28-53-5)27-40(51)50-29-43(3,4)41-39(50)23-33(24-47-41)21-32-7-6-8-38(22-32)55-20-19-54-18-17-45-31(2)34-9-11-35(12-10-34)42(52)48-36-13-15-44-16-14-36/h6-16,22-24,30-31,37,45-46H,17-21,25-29H2,1-5H3,(H,44,48,52)/t30-,31-,37-/m1/s1. The largest absolute Gasteiger partial charge is 0.491 e. The second-order valence-electron chi connectivity index (χ2n) is 15.2. The summed E-state index contributed by atoms with van der Waals surface area (Å²) in [5, 5.41) is 9.86. The number of amides is 2.